The first-order valence-corrected chi connectivity index (χ1v) is 14.5. The number of unbranched alkanes of at least 4 members (excludes halogenated alkanes) is 4. The monoisotopic (exact) mass is 693 g/mol. The molecule has 0 saturated carbocycles. The van der Waals surface area contributed by atoms with E-state index in [0.717, 1.165) is 37.4 Å². The second kappa shape index (κ2) is 17.6. The van der Waals surface area contributed by atoms with E-state index in [2.05, 4.69) is 95.7 Å². The van der Waals surface area contributed by atoms with Gasteiger partial charge in [-0.25, -0.2) is 14.1 Å². The fraction of sp³-hybridized carbons (Fsp3) is 0.333. The number of benzene rings is 2. The van der Waals surface area contributed by atoms with Crippen molar-refractivity contribution in [3.63, 3.8) is 0 Å². The lowest BCUT2D eigenvalue weighted by molar-refractivity contribution is -0.697. The van der Waals surface area contributed by atoms with Crippen molar-refractivity contribution >= 4 is 22.8 Å². The molecule has 0 amide bonds. The van der Waals surface area contributed by atoms with Crippen molar-refractivity contribution in [1.82, 2.24) is 14.1 Å². The van der Waals surface area contributed by atoms with Crippen LogP contribution < -0.4 is 48.1 Å². The van der Waals surface area contributed by atoms with Crippen LogP contribution in [0.2, 0.25) is 0 Å². The van der Waals surface area contributed by atoms with Crippen LogP contribution in [-0.4, -0.2) is 27.4 Å². The highest BCUT2D eigenvalue weighted by atomic mass is 79.9. The van der Waals surface area contributed by atoms with Gasteiger partial charge in [-0.1, -0.05) is 30.3 Å². The zero-order valence-electron chi connectivity index (χ0n) is 24.3. The summed E-state index contributed by atoms with van der Waals surface area (Å²) in [5, 5.41) is 7.83. The minimum atomic E-state index is 0. The Bertz CT molecular complexity index is 1480. The molecule has 3 heterocycles. The number of aromatic nitrogens is 5. The summed E-state index contributed by atoms with van der Waals surface area (Å²) in [7, 11) is 1.98. The molecule has 0 atom stereocenters. The van der Waals surface area contributed by atoms with Crippen LogP contribution in [0.5, 0.6) is 0 Å². The summed E-state index contributed by atoms with van der Waals surface area (Å²) in [5.74, 6) is 0. The summed E-state index contributed by atoms with van der Waals surface area (Å²) < 4.78 is 9.17. The van der Waals surface area contributed by atoms with Crippen LogP contribution in [0.4, 0.5) is 5.69 Å². The van der Waals surface area contributed by atoms with Gasteiger partial charge >= 0.3 is 0 Å². The van der Waals surface area contributed by atoms with E-state index in [4.69, 9.17) is 0 Å². The van der Waals surface area contributed by atoms with Gasteiger partial charge in [0.05, 0.1) is 36.7 Å². The van der Waals surface area contributed by atoms with Gasteiger partial charge in [0.25, 0.3) is 0 Å². The quantitative estimate of drug-likeness (QED) is 0.0651. The van der Waals surface area contributed by atoms with Crippen molar-refractivity contribution < 1.29 is 43.1 Å². The van der Waals surface area contributed by atoms with Crippen LogP contribution in [-0.2, 0) is 26.2 Å². The second-order valence-electron chi connectivity index (χ2n) is 10.4. The number of hydrazone groups is 1. The molecule has 5 rings (SSSR count). The Morgan fingerprint density at radius 2 is 1.52 bits per heavy atom. The summed E-state index contributed by atoms with van der Waals surface area (Å²) in [6.45, 7) is 4.23. The summed E-state index contributed by atoms with van der Waals surface area (Å²) in [6, 6.07) is 21.0. The van der Waals surface area contributed by atoms with Crippen molar-refractivity contribution in [2.75, 3.05) is 12.1 Å². The van der Waals surface area contributed by atoms with Crippen molar-refractivity contribution in [2.45, 2.75) is 64.7 Å². The van der Waals surface area contributed by atoms with E-state index in [9.17, 15) is 0 Å². The number of imidazole rings is 2. The maximum absolute atomic E-state index is 4.69. The molecule has 2 aromatic carbocycles. The molecule has 0 fully saturated rings. The van der Waals surface area contributed by atoms with Crippen molar-refractivity contribution in [1.29, 1.82) is 0 Å². The molecule has 0 radical (unpaired) electrons. The highest BCUT2D eigenvalue weighted by Gasteiger charge is 2.11. The highest BCUT2D eigenvalue weighted by Crippen LogP contribution is 2.16. The largest absolute Gasteiger partial charge is 1.00 e. The van der Waals surface area contributed by atoms with Gasteiger partial charge in [-0.3, -0.25) is 5.01 Å². The number of pyridine rings is 1. The van der Waals surface area contributed by atoms with E-state index in [1.54, 1.807) is 0 Å². The first-order chi connectivity index (χ1) is 19.8. The third kappa shape index (κ3) is 9.63. The molecule has 0 bridgehead atoms. The molecule has 9 heteroatoms. The maximum atomic E-state index is 4.69. The lowest BCUT2D eigenvalue weighted by Crippen LogP contribution is -3.00. The average Bonchev–Trinajstić information content (AvgIpc) is 3.69. The summed E-state index contributed by atoms with van der Waals surface area (Å²) in [6.07, 6.45) is 23.8. The van der Waals surface area contributed by atoms with Crippen molar-refractivity contribution in [2.24, 2.45) is 5.10 Å². The third-order valence-electron chi connectivity index (χ3n) is 7.41. The molecule has 5 aromatic rings. The first-order valence-electron chi connectivity index (χ1n) is 14.5. The molecule has 222 valence electrons. The number of anilines is 1. The molecule has 0 saturated heterocycles. The Hall–Kier alpha value is -3.30. The Labute approximate surface area is 270 Å². The van der Waals surface area contributed by atoms with Gasteiger partial charge < -0.3 is 38.5 Å². The summed E-state index contributed by atoms with van der Waals surface area (Å²) in [5.41, 5.74) is 3.47. The number of aryl methyl sites for hydroxylation is 4. The molecule has 3 aromatic heterocycles. The van der Waals surface area contributed by atoms with Crippen LogP contribution in [0, 0.1) is 0 Å². The van der Waals surface area contributed by atoms with Crippen LogP contribution >= 0.6 is 0 Å². The number of rotatable bonds is 15. The second-order valence-corrected chi connectivity index (χ2v) is 10.4. The van der Waals surface area contributed by atoms with E-state index < -0.39 is 0 Å². The van der Waals surface area contributed by atoms with E-state index in [1.165, 1.54) is 49.4 Å². The van der Waals surface area contributed by atoms with E-state index in [0.29, 0.717) is 0 Å². The molecular weight excluding hydrogens is 654 g/mol. The molecule has 0 unspecified atom stereocenters. The zero-order valence-corrected chi connectivity index (χ0v) is 27.5. The molecule has 0 aliphatic heterocycles. The maximum Gasteiger partial charge on any atom is 0.243 e. The molecule has 42 heavy (non-hydrogen) atoms. The molecule has 0 aliphatic carbocycles. The summed E-state index contributed by atoms with van der Waals surface area (Å²) in [4.78, 5) is 4.11. The predicted octanol–water partition coefficient (Wildman–Crippen LogP) is -0.368. The minimum absolute atomic E-state index is 0. The van der Waals surface area contributed by atoms with Gasteiger partial charge in [0.15, 0.2) is 6.20 Å². The highest BCUT2D eigenvalue weighted by molar-refractivity contribution is 5.97. The Morgan fingerprint density at radius 3 is 2.36 bits per heavy atom. The number of hydrogen-bond donors (Lipinski definition) is 0. The predicted molar refractivity (Wildman–Crippen MR) is 161 cm³/mol. The van der Waals surface area contributed by atoms with E-state index in [-0.39, 0.29) is 34.0 Å². The lowest BCUT2D eigenvalue weighted by atomic mass is 10.1. The summed E-state index contributed by atoms with van der Waals surface area (Å²) >= 11 is 0. The standard InChI is InChI=1S/C33H41N7.2BrH/c1-36(31-13-5-4-6-14-31)35-27-30-17-23-40(33-16-8-7-15-32(30)33)22-10-3-2-9-20-38-25-26-39(29-38)21-12-11-19-37-24-18-34-28-37;;/h4-8,13-18,23-29H,2-3,9-12,19-22H2,1H3;2*1H/q+2;;/p-2. The normalized spacial score (nSPS) is 11.0. The van der Waals surface area contributed by atoms with Crippen molar-refractivity contribution in [3.8, 4) is 0 Å². The van der Waals surface area contributed by atoms with Gasteiger partial charge in [-0.15, -0.1) is 0 Å². The molecule has 0 spiro atoms. The number of nitrogens with zero attached hydrogens (tertiary/aromatic N) is 7. The Balaban J connectivity index is 0.00000242. The SMILES string of the molecule is CN(/N=C/c1cc[n+](CCCCCCn2cc[n+](CCCCn3ccnc3)c2)c2ccccc12)c1ccccc1.[Br-].[Br-]. The van der Waals surface area contributed by atoms with Crippen LogP contribution in [0.15, 0.2) is 109 Å². The van der Waals surface area contributed by atoms with Crippen LogP contribution in [0.25, 0.3) is 10.9 Å². The topological polar surface area (TPSA) is 46.1 Å². The smallest absolute Gasteiger partial charge is 0.243 e. The molecule has 7 nitrogen and oxygen atoms in total. The Morgan fingerprint density at radius 1 is 0.786 bits per heavy atom. The Kier molecular flexibility index (Phi) is 13.9. The average molecular weight is 696 g/mol. The minimum Gasteiger partial charge on any atom is -1.00 e. The zero-order chi connectivity index (χ0) is 27.4. The molecule has 0 aliphatic rings. The number of hydrogen-bond acceptors (Lipinski definition) is 3. The van der Waals surface area contributed by atoms with Gasteiger partial charge in [0.1, 0.15) is 18.9 Å². The molecular formula is C33H41Br2N7. The number of fused-ring (bicyclic) bond motifs is 1. The number of halogens is 2. The molecule has 0 N–H and O–H groups in total. The van der Waals surface area contributed by atoms with Gasteiger partial charge in [0.2, 0.25) is 11.8 Å². The fourth-order valence-corrected chi connectivity index (χ4v) is 5.12. The van der Waals surface area contributed by atoms with Gasteiger partial charge in [-0.2, -0.15) is 9.67 Å². The number of para-hydroxylation sites is 2. The third-order valence-corrected chi connectivity index (χ3v) is 7.41. The van der Waals surface area contributed by atoms with Crippen molar-refractivity contribution in [3.05, 3.63) is 110 Å². The first kappa shape index (κ1) is 33.2. The fourth-order valence-electron chi connectivity index (χ4n) is 5.12. The van der Waals surface area contributed by atoms with E-state index in [1.807, 2.05) is 55.2 Å². The van der Waals surface area contributed by atoms with Gasteiger partial charge in [-0.05, 0) is 50.3 Å². The van der Waals surface area contributed by atoms with E-state index >= 15 is 0 Å². The lowest BCUT2D eigenvalue weighted by Gasteiger charge is -2.12. The van der Waals surface area contributed by atoms with Gasteiger partial charge in [0, 0.05) is 50.1 Å². The van der Waals surface area contributed by atoms with Crippen LogP contribution in [0.1, 0.15) is 44.1 Å². The van der Waals surface area contributed by atoms with Crippen LogP contribution in [0.3, 0.4) is 0 Å².